The van der Waals surface area contributed by atoms with Crippen molar-refractivity contribution in [2.45, 2.75) is 20.3 Å². The van der Waals surface area contributed by atoms with Gasteiger partial charge in [0.15, 0.2) is 0 Å². The summed E-state index contributed by atoms with van der Waals surface area (Å²) in [4.78, 5) is 35.1. The number of primary amides is 1. The highest BCUT2D eigenvalue weighted by molar-refractivity contribution is 5.81. The third-order valence-corrected chi connectivity index (χ3v) is 3.14. The first-order valence-electron chi connectivity index (χ1n) is 5.79. The summed E-state index contributed by atoms with van der Waals surface area (Å²) in [7, 11) is 0. The summed E-state index contributed by atoms with van der Waals surface area (Å²) in [6.45, 7) is 3.87. The van der Waals surface area contributed by atoms with Crippen LogP contribution in [0.25, 0.3) is 0 Å². The predicted molar refractivity (Wildman–Crippen MR) is 63.7 cm³/mol. The molecular formula is C11H19N3O4. The van der Waals surface area contributed by atoms with Crippen LogP contribution in [-0.2, 0) is 9.59 Å². The van der Waals surface area contributed by atoms with Gasteiger partial charge in [-0.1, -0.05) is 0 Å². The van der Waals surface area contributed by atoms with Gasteiger partial charge in [0.05, 0.1) is 11.3 Å². The van der Waals surface area contributed by atoms with Crippen LogP contribution in [0.15, 0.2) is 0 Å². The third-order valence-electron chi connectivity index (χ3n) is 3.14. The first-order chi connectivity index (χ1) is 8.24. The highest BCUT2D eigenvalue weighted by Gasteiger charge is 2.32. The summed E-state index contributed by atoms with van der Waals surface area (Å²) in [6.07, 6.45) is 0.561. The van der Waals surface area contributed by atoms with Crippen molar-refractivity contribution in [3.63, 3.8) is 0 Å². The average molecular weight is 257 g/mol. The van der Waals surface area contributed by atoms with E-state index in [0.29, 0.717) is 19.5 Å². The van der Waals surface area contributed by atoms with Gasteiger partial charge in [-0.25, -0.2) is 4.79 Å². The molecule has 1 heterocycles. The molecule has 0 bridgehead atoms. The van der Waals surface area contributed by atoms with E-state index in [4.69, 9.17) is 10.8 Å². The molecule has 1 atom stereocenters. The van der Waals surface area contributed by atoms with Gasteiger partial charge >= 0.3 is 12.0 Å². The van der Waals surface area contributed by atoms with Crippen LogP contribution < -0.4 is 11.1 Å². The second kappa shape index (κ2) is 5.24. The zero-order valence-corrected chi connectivity index (χ0v) is 10.6. The number of carboxylic acids is 1. The van der Waals surface area contributed by atoms with Crippen LogP contribution in [0.1, 0.15) is 20.3 Å². The Labute approximate surface area is 105 Å². The molecule has 0 aromatic carbocycles. The lowest BCUT2D eigenvalue weighted by atomic mass is 9.94. The summed E-state index contributed by atoms with van der Waals surface area (Å²) in [6, 6.07) is -0.354. The summed E-state index contributed by atoms with van der Waals surface area (Å²) < 4.78 is 0. The Kier molecular flexibility index (Phi) is 4.15. The monoisotopic (exact) mass is 257 g/mol. The summed E-state index contributed by atoms with van der Waals surface area (Å²) >= 11 is 0. The number of nitrogens with one attached hydrogen (secondary N) is 1. The Bertz CT molecular complexity index is 367. The minimum atomic E-state index is -1.02. The number of likely N-dealkylation sites (tertiary alicyclic amines) is 1. The number of hydrogen-bond acceptors (Lipinski definition) is 3. The van der Waals surface area contributed by atoms with E-state index in [1.165, 1.54) is 18.7 Å². The number of amides is 3. The molecule has 4 N–H and O–H groups in total. The second-order valence-electron chi connectivity index (χ2n) is 5.18. The van der Waals surface area contributed by atoms with Crippen molar-refractivity contribution >= 4 is 17.9 Å². The van der Waals surface area contributed by atoms with Crippen molar-refractivity contribution in [1.82, 2.24) is 10.2 Å². The van der Waals surface area contributed by atoms with E-state index in [-0.39, 0.29) is 18.5 Å². The largest absolute Gasteiger partial charge is 0.481 e. The minimum Gasteiger partial charge on any atom is -0.481 e. The molecule has 1 rings (SSSR count). The van der Waals surface area contributed by atoms with Crippen molar-refractivity contribution in [2.75, 3.05) is 19.6 Å². The van der Waals surface area contributed by atoms with Crippen LogP contribution >= 0.6 is 0 Å². The van der Waals surface area contributed by atoms with Gasteiger partial charge in [-0.2, -0.15) is 0 Å². The van der Waals surface area contributed by atoms with Gasteiger partial charge in [-0.3, -0.25) is 9.59 Å². The number of rotatable bonds is 4. The molecule has 3 amide bonds. The molecule has 1 unspecified atom stereocenters. The Hall–Kier alpha value is -1.79. The molecule has 0 saturated carbocycles. The van der Waals surface area contributed by atoms with Crippen LogP contribution in [0.4, 0.5) is 4.79 Å². The van der Waals surface area contributed by atoms with Gasteiger partial charge in [0, 0.05) is 19.6 Å². The molecule has 1 fully saturated rings. The van der Waals surface area contributed by atoms with E-state index < -0.39 is 17.3 Å². The first-order valence-corrected chi connectivity index (χ1v) is 5.79. The number of nitrogens with zero attached hydrogens (tertiary/aromatic N) is 1. The molecule has 18 heavy (non-hydrogen) atoms. The van der Waals surface area contributed by atoms with Gasteiger partial charge in [0.1, 0.15) is 0 Å². The van der Waals surface area contributed by atoms with Crippen LogP contribution in [0, 0.1) is 11.3 Å². The number of aliphatic carboxylic acids is 1. The molecule has 0 aromatic heterocycles. The molecule has 7 nitrogen and oxygen atoms in total. The van der Waals surface area contributed by atoms with E-state index in [2.05, 4.69) is 5.32 Å². The Morgan fingerprint density at radius 3 is 2.50 bits per heavy atom. The van der Waals surface area contributed by atoms with Gasteiger partial charge in [0.25, 0.3) is 0 Å². The molecule has 0 radical (unpaired) electrons. The van der Waals surface area contributed by atoms with Crippen LogP contribution in [0.2, 0.25) is 0 Å². The number of urea groups is 1. The molecule has 0 aromatic rings. The summed E-state index contributed by atoms with van der Waals surface area (Å²) in [5.41, 5.74) is 4.15. The zero-order chi connectivity index (χ0) is 13.9. The highest BCUT2D eigenvalue weighted by Crippen LogP contribution is 2.17. The molecule has 0 spiro atoms. The first kappa shape index (κ1) is 14.3. The lowest BCUT2D eigenvalue weighted by molar-refractivity contribution is -0.146. The fourth-order valence-electron chi connectivity index (χ4n) is 1.66. The van der Waals surface area contributed by atoms with E-state index in [9.17, 15) is 14.4 Å². The number of carbonyl (C=O) groups excluding carboxylic acids is 2. The van der Waals surface area contributed by atoms with Crippen molar-refractivity contribution in [3.05, 3.63) is 0 Å². The number of carboxylic acid groups (broad SMARTS) is 1. The Balaban J connectivity index is 2.44. The maximum absolute atomic E-state index is 11.8. The van der Waals surface area contributed by atoms with Gasteiger partial charge in [0.2, 0.25) is 5.91 Å². The van der Waals surface area contributed by atoms with E-state index in [1.807, 2.05) is 0 Å². The standard InChI is InChI=1S/C11H19N3O4/c1-11(2,9(16)17)6-13-10(18)14-4-3-7(5-14)8(12)15/h7H,3-6H2,1-2H3,(H2,12,15)(H,13,18)(H,16,17). The Morgan fingerprint density at radius 1 is 1.44 bits per heavy atom. The lowest BCUT2D eigenvalue weighted by Gasteiger charge is -2.22. The Morgan fingerprint density at radius 2 is 2.06 bits per heavy atom. The lowest BCUT2D eigenvalue weighted by Crippen LogP contribution is -2.45. The fourth-order valence-corrected chi connectivity index (χ4v) is 1.66. The summed E-state index contributed by atoms with van der Waals surface area (Å²) in [5.74, 6) is -1.68. The molecule has 0 aliphatic carbocycles. The van der Waals surface area contributed by atoms with Crippen molar-refractivity contribution in [3.8, 4) is 0 Å². The maximum Gasteiger partial charge on any atom is 0.317 e. The molecule has 1 aliphatic heterocycles. The molecule has 7 heteroatoms. The number of nitrogens with two attached hydrogens (primary N) is 1. The van der Waals surface area contributed by atoms with Crippen molar-refractivity contribution in [2.24, 2.45) is 17.1 Å². The van der Waals surface area contributed by atoms with E-state index in [0.717, 1.165) is 0 Å². The van der Waals surface area contributed by atoms with E-state index >= 15 is 0 Å². The van der Waals surface area contributed by atoms with Crippen LogP contribution in [-0.4, -0.2) is 47.5 Å². The number of carbonyl (C=O) groups is 3. The number of hydrogen-bond donors (Lipinski definition) is 3. The molecule has 102 valence electrons. The van der Waals surface area contributed by atoms with Crippen LogP contribution in [0.5, 0.6) is 0 Å². The van der Waals surface area contributed by atoms with Gasteiger partial charge < -0.3 is 21.1 Å². The molecular weight excluding hydrogens is 238 g/mol. The summed E-state index contributed by atoms with van der Waals surface area (Å²) in [5, 5.41) is 11.5. The SMILES string of the molecule is CC(C)(CNC(=O)N1CCC(C(N)=O)C1)C(=O)O. The van der Waals surface area contributed by atoms with E-state index in [1.54, 1.807) is 0 Å². The quantitative estimate of drug-likeness (QED) is 0.636. The highest BCUT2D eigenvalue weighted by atomic mass is 16.4. The average Bonchev–Trinajstić information content (AvgIpc) is 2.75. The van der Waals surface area contributed by atoms with Crippen LogP contribution in [0.3, 0.4) is 0 Å². The van der Waals surface area contributed by atoms with Crippen molar-refractivity contribution in [1.29, 1.82) is 0 Å². The third kappa shape index (κ3) is 3.35. The second-order valence-corrected chi connectivity index (χ2v) is 5.18. The van der Waals surface area contributed by atoms with Gasteiger partial charge in [-0.05, 0) is 20.3 Å². The zero-order valence-electron chi connectivity index (χ0n) is 10.6. The van der Waals surface area contributed by atoms with Crippen molar-refractivity contribution < 1.29 is 19.5 Å². The minimum absolute atomic E-state index is 0.0406. The molecule has 1 saturated heterocycles. The predicted octanol–water partition coefficient (Wildman–Crippen LogP) is -0.386. The smallest absolute Gasteiger partial charge is 0.317 e. The van der Waals surface area contributed by atoms with Gasteiger partial charge in [-0.15, -0.1) is 0 Å². The normalized spacial score (nSPS) is 19.7. The molecule has 1 aliphatic rings. The topological polar surface area (TPSA) is 113 Å². The maximum atomic E-state index is 11.8. The fraction of sp³-hybridized carbons (Fsp3) is 0.727.